The average molecular weight is 495 g/mol. The zero-order valence-electron chi connectivity index (χ0n) is 19.7. The first-order chi connectivity index (χ1) is 17.0. The summed E-state index contributed by atoms with van der Waals surface area (Å²) in [7, 11) is 0. The van der Waals surface area contributed by atoms with E-state index < -0.39 is 11.8 Å². The number of aromatic nitrogens is 1. The Hall–Kier alpha value is -3.50. The van der Waals surface area contributed by atoms with Gasteiger partial charge in [0.25, 0.3) is 11.8 Å². The third-order valence-electron chi connectivity index (χ3n) is 6.28. The minimum atomic E-state index is -0.450. The molecule has 2 aliphatic rings. The number of likely N-dealkylation sites (N-methyl/N-ethyl adjacent to an activating group) is 1. The fourth-order valence-electron chi connectivity index (χ4n) is 4.28. The van der Waals surface area contributed by atoms with Crippen molar-refractivity contribution in [1.29, 1.82) is 0 Å². The molecule has 3 heterocycles. The molecule has 0 bridgehead atoms. The SMILES string of the molecule is CCN(CC)CCN(C(=O)CN1C(=O)c2ccccc2C1=O)c1nc2cc3c(cc2s1)OCCO3. The molecule has 0 saturated heterocycles. The second-order valence-electron chi connectivity index (χ2n) is 8.27. The van der Waals surface area contributed by atoms with E-state index in [1.54, 1.807) is 29.2 Å². The molecule has 0 N–H and O–H groups in total. The van der Waals surface area contributed by atoms with Gasteiger partial charge in [0, 0.05) is 25.2 Å². The predicted molar refractivity (Wildman–Crippen MR) is 133 cm³/mol. The van der Waals surface area contributed by atoms with E-state index in [1.165, 1.54) is 11.3 Å². The minimum Gasteiger partial charge on any atom is -0.486 e. The summed E-state index contributed by atoms with van der Waals surface area (Å²) >= 11 is 1.37. The van der Waals surface area contributed by atoms with Crippen LogP contribution in [-0.2, 0) is 4.79 Å². The number of carbonyl (C=O) groups is 3. The molecule has 35 heavy (non-hydrogen) atoms. The smallest absolute Gasteiger partial charge is 0.262 e. The number of anilines is 1. The lowest BCUT2D eigenvalue weighted by Crippen LogP contribution is -2.45. The molecule has 1 aromatic heterocycles. The van der Waals surface area contributed by atoms with Crippen LogP contribution in [0.2, 0.25) is 0 Å². The number of hydrogen-bond acceptors (Lipinski definition) is 8. The molecule has 5 rings (SSSR count). The highest BCUT2D eigenvalue weighted by atomic mass is 32.1. The van der Waals surface area contributed by atoms with E-state index in [0.29, 0.717) is 59.6 Å². The van der Waals surface area contributed by atoms with Crippen LogP contribution in [0.4, 0.5) is 5.13 Å². The molecule has 0 aliphatic carbocycles. The summed E-state index contributed by atoms with van der Waals surface area (Å²) < 4.78 is 12.2. The quantitative estimate of drug-likeness (QED) is 0.445. The number of ether oxygens (including phenoxy) is 2. The summed E-state index contributed by atoms with van der Waals surface area (Å²) in [5, 5.41) is 0.510. The maximum Gasteiger partial charge on any atom is 0.262 e. The Morgan fingerprint density at radius 3 is 2.26 bits per heavy atom. The van der Waals surface area contributed by atoms with Crippen LogP contribution in [0.1, 0.15) is 34.6 Å². The standard InChI is InChI=1S/C25H26N4O5S/c1-3-27(4-2)9-10-28(22(30)15-29-23(31)16-7-5-6-8-17(16)24(29)32)25-26-18-13-19-20(14-21(18)35-25)34-12-11-33-19/h5-8,13-14H,3-4,9-12,15H2,1-2H3. The molecular formula is C25H26N4O5S. The molecule has 0 atom stereocenters. The van der Waals surface area contributed by atoms with Crippen molar-refractivity contribution >= 4 is 44.4 Å². The van der Waals surface area contributed by atoms with Gasteiger partial charge < -0.3 is 14.4 Å². The van der Waals surface area contributed by atoms with Crippen molar-refractivity contribution in [2.75, 3.05) is 50.8 Å². The maximum absolute atomic E-state index is 13.5. The normalized spacial score (nSPS) is 14.7. The van der Waals surface area contributed by atoms with Gasteiger partial charge in [-0.3, -0.25) is 24.2 Å². The van der Waals surface area contributed by atoms with Gasteiger partial charge >= 0.3 is 0 Å². The molecule has 0 unspecified atom stereocenters. The zero-order chi connectivity index (χ0) is 24.5. The van der Waals surface area contributed by atoms with E-state index in [1.807, 2.05) is 12.1 Å². The molecule has 0 radical (unpaired) electrons. The lowest BCUT2D eigenvalue weighted by atomic mass is 10.1. The Morgan fingerprint density at radius 1 is 1.00 bits per heavy atom. The van der Waals surface area contributed by atoms with Crippen LogP contribution in [0.25, 0.3) is 10.2 Å². The van der Waals surface area contributed by atoms with Crippen molar-refractivity contribution in [3.63, 3.8) is 0 Å². The molecule has 2 aromatic carbocycles. The lowest BCUT2D eigenvalue weighted by Gasteiger charge is -2.26. The summed E-state index contributed by atoms with van der Waals surface area (Å²) in [6.07, 6.45) is 0. The Bertz CT molecular complexity index is 1220. The van der Waals surface area contributed by atoms with Gasteiger partial charge in [-0.2, -0.15) is 0 Å². The summed E-state index contributed by atoms with van der Waals surface area (Å²) in [5.41, 5.74) is 1.35. The van der Waals surface area contributed by atoms with Gasteiger partial charge in [-0.25, -0.2) is 4.98 Å². The van der Waals surface area contributed by atoms with E-state index in [9.17, 15) is 14.4 Å². The number of nitrogens with zero attached hydrogens (tertiary/aromatic N) is 4. The molecule has 10 heteroatoms. The average Bonchev–Trinajstić information content (AvgIpc) is 3.39. The number of rotatable bonds is 8. The lowest BCUT2D eigenvalue weighted by molar-refractivity contribution is -0.119. The molecule has 3 amide bonds. The summed E-state index contributed by atoms with van der Waals surface area (Å²) in [4.78, 5) is 48.7. The second kappa shape index (κ2) is 9.63. The van der Waals surface area contributed by atoms with Gasteiger partial charge in [-0.05, 0) is 25.2 Å². The van der Waals surface area contributed by atoms with Crippen LogP contribution in [-0.4, -0.2) is 78.4 Å². The van der Waals surface area contributed by atoms with Crippen molar-refractivity contribution in [3.05, 3.63) is 47.5 Å². The van der Waals surface area contributed by atoms with Crippen LogP contribution in [0.15, 0.2) is 36.4 Å². The first-order valence-corrected chi connectivity index (χ1v) is 12.5. The van der Waals surface area contributed by atoms with E-state index in [2.05, 4.69) is 18.7 Å². The molecule has 182 valence electrons. The van der Waals surface area contributed by atoms with Crippen LogP contribution >= 0.6 is 11.3 Å². The fraction of sp³-hybridized carbons (Fsp3) is 0.360. The molecule has 0 saturated carbocycles. The maximum atomic E-state index is 13.5. The molecule has 2 aliphatic heterocycles. The van der Waals surface area contributed by atoms with E-state index in [-0.39, 0.29) is 12.5 Å². The van der Waals surface area contributed by atoms with Crippen LogP contribution in [0, 0.1) is 0 Å². The van der Waals surface area contributed by atoms with Crippen LogP contribution < -0.4 is 14.4 Å². The van der Waals surface area contributed by atoms with Gasteiger partial charge in [0.2, 0.25) is 5.91 Å². The number of benzene rings is 2. The highest BCUT2D eigenvalue weighted by molar-refractivity contribution is 7.22. The summed E-state index contributed by atoms with van der Waals surface area (Å²) in [6.45, 7) is 7.46. The Balaban J connectivity index is 1.43. The third kappa shape index (κ3) is 4.35. The number of hydrogen-bond donors (Lipinski definition) is 0. The second-order valence-corrected chi connectivity index (χ2v) is 9.28. The number of fused-ring (bicyclic) bond motifs is 3. The fourth-order valence-corrected chi connectivity index (χ4v) is 5.30. The highest BCUT2D eigenvalue weighted by Gasteiger charge is 2.37. The monoisotopic (exact) mass is 494 g/mol. The van der Waals surface area contributed by atoms with Crippen molar-refractivity contribution < 1.29 is 23.9 Å². The topological polar surface area (TPSA) is 92.3 Å². The number of amides is 3. The first kappa shape index (κ1) is 23.3. The number of carbonyl (C=O) groups excluding carboxylic acids is 3. The van der Waals surface area contributed by atoms with E-state index in [4.69, 9.17) is 14.5 Å². The van der Waals surface area contributed by atoms with Crippen molar-refractivity contribution in [2.24, 2.45) is 0 Å². The molecule has 0 fully saturated rings. The molecular weight excluding hydrogens is 468 g/mol. The van der Waals surface area contributed by atoms with Gasteiger partial charge in [0.1, 0.15) is 19.8 Å². The number of thiazole rings is 1. The number of imide groups is 1. The van der Waals surface area contributed by atoms with E-state index >= 15 is 0 Å². The van der Waals surface area contributed by atoms with Gasteiger partial charge in [-0.1, -0.05) is 37.3 Å². The Labute approximate surface area is 206 Å². The Morgan fingerprint density at radius 2 is 1.63 bits per heavy atom. The largest absolute Gasteiger partial charge is 0.486 e. The predicted octanol–water partition coefficient (Wildman–Crippen LogP) is 3.04. The minimum absolute atomic E-state index is 0.325. The van der Waals surface area contributed by atoms with Crippen LogP contribution in [0.3, 0.4) is 0 Å². The third-order valence-corrected chi connectivity index (χ3v) is 7.32. The molecule has 9 nitrogen and oxygen atoms in total. The van der Waals surface area contributed by atoms with Crippen LogP contribution in [0.5, 0.6) is 11.5 Å². The van der Waals surface area contributed by atoms with E-state index in [0.717, 1.165) is 22.7 Å². The molecule has 3 aromatic rings. The van der Waals surface area contributed by atoms with Gasteiger partial charge in [-0.15, -0.1) is 0 Å². The van der Waals surface area contributed by atoms with Crippen molar-refractivity contribution in [3.8, 4) is 11.5 Å². The Kier molecular flexibility index (Phi) is 6.40. The van der Waals surface area contributed by atoms with Crippen molar-refractivity contribution in [2.45, 2.75) is 13.8 Å². The first-order valence-electron chi connectivity index (χ1n) is 11.7. The van der Waals surface area contributed by atoms with Gasteiger partial charge in [0.15, 0.2) is 16.6 Å². The summed E-state index contributed by atoms with van der Waals surface area (Å²) in [6, 6.07) is 10.3. The zero-order valence-corrected chi connectivity index (χ0v) is 20.5. The molecule has 0 spiro atoms. The van der Waals surface area contributed by atoms with Gasteiger partial charge in [0.05, 0.1) is 21.3 Å². The highest BCUT2D eigenvalue weighted by Crippen LogP contribution is 2.39. The summed E-state index contributed by atoms with van der Waals surface area (Å²) in [5.74, 6) is 0.0319. The van der Waals surface area contributed by atoms with Crippen molar-refractivity contribution in [1.82, 2.24) is 14.8 Å².